The van der Waals surface area contributed by atoms with E-state index in [4.69, 9.17) is 4.74 Å². The molecule has 2 N–H and O–H groups in total. The summed E-state index contributed by atoms with van der Waals surface area (Å²) in [5.41, 5.74) is 2.19. The third kappa shape index (κ3) is 2.42. The molecule has 4 heteroatoms. The zero-order valence-corrected chi connectivity index (χ0v) is 12.6. The Bertz CT molecular complexity index is 391. The number of aliphatic hydroxyl groups is 2. The molecule has 1 heterocycles. The third-order valence-electron chi connectivity index (χ3n) is 5.05. The van der Waals surface area contributed by atoms with E-state index in [1.54, 1.807) is 0 Å². The summed E-state index contributed by atoms with van der Waals surface area (Å²) in [6, 6.07) is 0. The van der Waals surface area contributed by atoms with Crippen molar-refractivity contribution < 1.29 is 27.4 Å². The van der Waals surface area contributed by atoms with Crippen molar-refractivity contribution in [1.29, 1.82) is 0 Å². The van der Waals surface area contributed by atoms with E-state index in [0.717, 1.165) is 30.4 Å². The second kappa shape index (κ2) is 4.96. The molecule has 3 nitrogen and oxygen atoms in total. The molecule has 0 aromatic rings. The van der Waals surface area contributed by atoms with E-state index in [2.05, 4.69) is 20.8 Å². The molecule has 0 spiro atoms. The normalized spacial score (nSPS) is 40.6. The Labute approximate surface area is 121 Å². The summed E-state index contributed by atoms with van der Waals surface area (Å²) in [5.74, 6) is 2.20. The zero-order valence-electron chi connectivity index (χ0n) is 11.8. The largest absolute Gasteiger partial charge is 1.00 e. The first kappa shape index (κ1) is 15.2. The lowest BCUT2D eigenvalue weighted by Crippen LogP contribution is -3.00. The number of halogens is 1. The first-order valence-electron chi connectivity index (χ1n) is 6.91. The Kier molecular flexibility index (Phi) is 3.96. The minimum absolute atomic E-state index is 0. The van der Waals surface area contributed by atoms with Crippen molar-refractivity contribution in [3.63, 3.8) is 0 Å². The highest BCUT2D eigenvalue weighted by Crippen LogP contribution is 2.54. The molecular weight excluding hydrogens is 264 g/mol. The first-order valence-corrected chi connectivity index (χ1v) is 6.91. The van der Waals surface area contributed by atoms with E-state index in [-0.39, 0.29) is 12.4 Å². The van der Waals surface area contributed by atoms with Crippen molar-refractivity contribution in [2.24, 2.45) is 17.3 Å². The van der Waals surface area contributed by atoms with Gasteiger partial charge in [-0.3, -0.25) is 0 Å². The molecule has 0 radical (unpaired) electrons. The maximum Gasteiger partial charge on any atom is 0.182 e. The van der Waals surface area contributed by atoms with Crippen LogP contribution in [0.1, 0.15) is 40.0 Å². The maximum absolute atomic E-state index is 10.6. The van der Waals surface area contributed by atoms with E-state index in [0.29, 0.717) is 23.9 Å². The van der Waals surface area contributed by atoms with E-state index < -0.39 is 12.4 Å². The average molecular weight is 287 g/mol. The Morgan fingerprint density at radius 2 is 1.89 bits per heavy atom. The van der Waals surface area contributed by atoms with Crippen LogP contribution in [0.5, 0.6) is 0 Å². The van der Waals surface area contributed by atoms with Gasteiger partial charge in [-0.05, 0) is 23.8 Å². The SMILES string of the molecule is C[C+]1CC2=C(CO[C@H]2O)[C@@H](O)[C@@H]2CC(C)(C)C[C@H]12.[Cl-]. The summed E-state index contributed by atoms with van der Waals surface area (Å²) in [5, 5.41) is 20.5. The van der Waals surface area contributed by atoms with E-state index in [9.17, 15) is 10.2 Å². The van der Waals surface area contributed by atoms with Gasteiger partial charge in [-0.1, -0.05) is 13.8 Å². The highest BCUT2D eigenvalue weighted by molar-refractivity contribution is 5.32. The molecule has 1 saturated carbocycles. The summed E-state index contributed by atoms with van der Waals surface area (Å²) in [6.45, 7) is 7.15. The molecule has 19 heavy (non-hydrogen) atoms. The predicted molar refractivity (Wildman–Crippen MR) is 68.5 cm³/mol. The average Bonchev–Trinajstić information content (AvgIpc) is 2.77. The van der Waals surface area contributed by atoms with Crippen LogP contribution in [0.4, 0.5) is 0 Å². The molecule has 1 aliphatic heterocycles. The molecule has 3 rings (SSSR count). The van der Waals surface area contributed by atoms with Gasteiger partial charge in [0.15, 0.2) is 6.29 Å². The van der Waals surface area contributed by atoms with Gasteiger partial charge in [0.1, 0.15) is 12.3 Å². The van der Waals surface area contributed by atoms with Crippen molar-refractivity contribution in [1.82, 2.24) is 0 Å². The van der Waals surface area contributed by atoms with Crippen molar-refractivity contribution in [2.45, 2.75) is 52.4 Å². The number of hydrogen-bond donors (Lipinski definition) is 2. The predicted octanol–water partition coefficient (Wildman–Crippen LogP) is -0.953. The van der Waals surface area contributed by atoms with Crippen LogP contribution in [0.15, 0.2) is 11.1 Å². The van der Waals surface area contributed by atoms with Crippen LogP contribution in [0.25, 0.3) is 0 Å². The van der Waals surface area contributed by atoms with Crippen molar-refractivity contribution in [3.05, 3.63) is 17.1 Å². The molecule has 3 aliphatic rings. The first-order chi connectivity index (χ1) is 8.39. The fourth-order valence-corrected chi connectivity index (χ4v) is 4.17. The van der Waals surface area contributed by atoms with Crippen LogP contribution >= 0.6 is 0 Å². The van der Waals surface area contributed by atoms with Crippen LogP contribution < -0.4 is 12.4 Å². The Hall–Kier alpha value is -0.220. The summed E-state index contributed by atoms with van der Waals surface area (Å²) in [4.78, 5) is 0. The van der Waals surface area contributed by atoms with E-state index in [1.165, 1.54) is 5.92 Å². The second-order valence-electron chi connectivity index (χ2n) is 7.02. The van der Waals surface area contributed by atoms with Gasteiger partial charge in [0, 0.05) is 11.5 Å². The summed E-state index contributed by atoms with van der Waals surface area (Å²) >= 11 is 0. The van der Waals surface area contributed by atoms with Crippen molar-refractivity contribution in [3.8, 4) is 0 Å². The molecule has 0 bridgehead atoms. The number of ether oxygens (including phenoxy) is 1. The summed E-state index contributed by atoms with van der Waals surface area (Å²) < 4.78 is 5.28. The molecule has 4 atom stereocenters. The van der Waals surface area contributed by atoms with Crippen LogP contribution in [-0.2, 0) is 4.74 Å². The number of hydrogen-bond acceptors (Lipinski definition) is 3. The van der Waals surface area contributed by atoms with Gasteiger partial charge in [0.05, 0.1) is 25.6 Å². The van der Waals surface area contributed by atoms with Crippen LogP contribution in [0.2, 0.25) is 0 Å². The lowest BCUT2D eigenvalue weighted by atomic mass is 9.81. The van der Waals surface area contributed by atoms with Gasteiger partial charge in [0.25, 0.3) is 0 Å². The Morgan fingerprint density at radius 3 is 2.58 bits per heavy atom. The second-order valence-corrected chi connectivity index (χ2v) is 7.02. The van der Waals surface area contributed by atoms with Gasteiger partial charge < -0.3 is 27.4 Å². The molecule has 0 aromatic carbocycles. The van der Waals surface area contributed by atoms with Crippen molar-refractivity contribution >= 4 is 0 Å². The molecule has 0 unspecified atom stereocenters. The zero-order chi connectivity index (χ0) is 13.1. The van der Waals surface area contributed by atoms with E-state index >= 15 is 0 Å². The molecule has 0 amide bonds. The van der Waals surface area contributed by atoms with Gasteiger partial charge in [-0.2, -0.15) is 0 Å². The highest BCUT2D eigenvalue weighted by atomic mass is 35.5. The van der Waals surface area contributed by atoms with Gasteiger partial charge in [-0.25, -0.2) is 0 Å². The van der Waals surface area contributed by atoms with Crippen molar-refractivity contribution in [2.75, 3.05) is 6.61 Å². The van der Waals surface area contributed by atoms with Crippen LogP contribution in [0.3, 0.4) is 0 Å². The summed E-state index contributed by atoms with van der Waals surface area (Å²) in [6.07, 6.45) is 1.78. The van der Waals surface area contributed by atoms with E-state index in [1.807, 2.05) is 0 Å². The Balaban J connectivity index is 0.00000133. The molecular formula is C15H23ClO3. The maximum atomic E-state index is 10.6. The molecule has 2 aliphatic carbocycles. The number of fused-ring (bicyclic) bond motifs is 1. The summed E-state index contributed by atoms with van der Waals surface area (Å²) in [7, 11) is 0. The van der Waals surface area contributed by atoms with Gasteiger partial charge >= 0.3 is 0 Å². The fraction of sp³-hybridized carbons (Fsp3) is 0.800. The smallest absolute Gasteiger partial charge is 0.182 e. The number of rotatable bonds is 0. The standard InChI is InChI=1S/C15H23O3.ClH/c1-8-4-9-12(7-18-14(9)17)13(16)11-6-15(2,3)5-10(8)11;/h10-11,13-14,16-17H,4-7H2,1-3H3;1H/q+1;/p-1/t10-,11-,13+,14-;/m1./s1. The monoisotopic (exact) mass is 286 g/mol. The quantitative estimate of drug-likeness (QED) is 0.446. The van der Waals surface area contributed by atoms with Crippen LogP contribution in [0, 0.1) is 23.2 Å². The topological polar surface area (TPSA) is 49.7 Å². The molecule has 108 valence electrons. The lowest BCUT2D eigenvalue weighted by Gasteiger charge is -2.21. The fourth-order valence-electron chi connectivity index (χ4n) is 4.17. The minimum Gasteiger partial charge on any atom is -1.00 e. The van der Waals surface area contributed by atoms with Gasteiger partial charge in [0.2, 0.25) is 0 Å². The van der Waals surface area contributed by atoms with Crippen LogP contribution in [-0.4, -0.2) is 29.2 Å². The molecule has 0 saturated heterocycles. The highest BCUT2D eigenvalue weighted by Gasteiger charge is 2.54. The number of aliphatic hydroxyl groups excluding tert-OH is 2. The van der Waals surface area contributed by atoms with Gasteiger partial charge in [-0.15, -0.1) is 0 Å². The molecule has 0 aromatic heterocycles. The third-order valence-corrected chi connectivity index (χ3v) is 5.05. The Morgan fingerprint density at radius 1 is 1.21 bits per heavy atom. The lowest BCUT2D eigenvalue weighted by molar-refractivity contribution is -0.0503. The minimum atomic E-state index is -0.795. The molecule has 1 fully saturated rings.